The average molecular weight is 217 g/mol. The molecule has 1 aromatic rings. The van der Waals surface area contributed by atoms with Crippen molar-refractivity contribution in [2.45, 2.75) is 6.92 Å². The van der Waals surface area contributed by atoms with Crippen LogP contribution in [0.1, 0.15) is 6.92 Å². The zero-order valence-electron chi connectivity index (χ0n) is 8.80. The van der Waals surface area contributed by atoms with Crippen LogP contribution in [0.5, 0.6) is 0 Å². The van der Waals surface area contributed by atoms with Gasteiger partial charge >= 0.3 is 5.91 Å². The van der Waals surface area contributed by atoms with Crippen LogP contribution in [0.4, 0.5) is 11.4 Å². The molecule has 0 spiro atoms. The molecule has 2 amide bonds. The lowest BCUT2D eigenvalue weighted by Crippen LogP contribution is -2.36. The zero-order chi connectivity index (χ0) is 12.1. The van der Waals surface area contributed by atoms with E-state index >= 15 is 0 Å². The first-order valence-corrected chi connectivity index (χ1v) is 4.58. The van der Waals surface area contributed by atoms with Crippen molar-refractivity contribution in [1.82, 2.24) is 0 Å². The van der Waals surface area contributed by atoms with Gasteiger partial charge in [-0.25, -0.2) is 11.5 Å². The minimum atomic E-state index is -0.535. The maximum Gasteiger partial charge on any atom is 0.313 e. The van der Waals surface area contributed by atoms with E-state index in [4.69, 9.17) is 12.3 Å². The third kappa shape index (κ3) is 2.58. The highest BCUT2D eigenvalue weighted by atomic mass is 16.2. The molecule has 0 unspecified atom stereocenters. The Bertz CT molecular complexity index is 445. The van der Waals surface area contributed by atoms with Crippen molar-refractivity contribution in [2.75, 3.05) is 17.2 Å². The van der Waals surface area contributed by atoms with E-state index in [1.165, 1.54) is 6.92 Å². The van der Waals surface area contributed by atoms with Crippen molar-refractivity contribution in [1.29, 1.82) is 0 Å². The Kier molecular flexibility index (Phi) is 3.62. The van der Waals surface area contributed by atoms with Gasteiger partial charge in [0.25, 0.3) is 6.54 Å². The molecule has 0 heterocycles. The predicted octanol–water partition coefficient (Wildman–Crippen LogP) is 1.07. The molecule has 2 N–H and O–H groups in total. The summed E-state index contributed by atoms with van der Waals surface area (Å²) in [7, 11) is 0. The quantitative estimate of drug-likeness (QED) is 0.595. The molecule has 0 radical (unpaired) electrons. The molecule has 0 aliphatic rings. The van der Waals surface area contributed by atoms with Crippen molar-refractivity contribution in [3.63, 3.8) is 0 Å². The van der Waals surface area contributed by atoms with Gasteiger partial charge in [0.15, 0.2) is 0 Å². The van der Waals surface area contributed by atoms with Crippen LogP contribution in [0, 0.1) is 6.57 Å². The van der Waals surface area contributed by atoms with Crippen molar-refractivity contribution >= 4 is 23.2 Å². The van der Waals surface area contributed by atoms with Gasteiger partial charge in [-0.15, -0.1) is 0 Å². The molecule has 1 aromatic carbocycles. The van der Waals surface area contributed by atoms with E-state index in [9.17, 15) is 9.59 Å². The molecule has 0 fully saturated rings. The van der Waals surface area contributed by atoms with Crippen LogP contribution in [0.2, 0.25) is 0 Å². The molecule has 0 saturated heterocycles. The summed E-state index contributed by atoms with van der Waals surface area (Å²) >= 11 is 0. The minimum absolute atomic E-state index is 0.343. The number of anilines is 2. The van der Waals surface area contributed by atoms with Gasteiger partial charge in [0.2, 0.25) is 5.91 Å². The van der Waals surface area contributed by atoms with Crippen molar-refractivity contribution < 1.29 is 9.59 Å². The molecule has 0 aliphatic heterocycles. The van der Waals surface area contributed by atoms with Gasteiger partial charge in [0, 0.05) is 12.6 Å². The van der Waals surface area contributed by atoms with E-state index in [-0.39, 0.29) is 6.54 Å². The summed E-state index contributed by atoms with van der Waals surface area (Å²) in [4.78, 5) is 26.8. The standard InChI is InChI=1S/C11H11N3O2/c1-8(15)14(11(16)7-13-2)10-5-3-9(12)4-6-10/h3-6H,7,12H2,1H3. The Hall–Kier alpha value is -2.35. The summed E-state index contributed by atoms with van der Waals surface area (Å²) in [5, 5.41) is 0. The molecule has 82 valence electrons. The van der Waals surface area contributed by atoms with Crippen LogP contribution < -0.4 is 10.6 Å². The number of hydrogen-bond acceptors (Lipinski definition) is 3. The summed E-state index contributed by atoms with van der Waals surface area (Å²) in [6, 6.07) is 6.32. The van der Waals surface area contributed by atoms with E-state index in [2.05, 4.69) is 4.85 Å². The fourth-order valence-electron chi connectivity index (χ4n) is 1.26. The summed E-state index contributed by atoms with van der Waals surface area (Å²) in [5.41, 5.74) is 6.47. The van der Waals surface area contributed by atoms with Gasteiger partial charge in [-0.2, -0.15) is 0 Å². The lowest BCUT2D eigenvalue weighted by Gasteiger charge is -2.16. The van der Waals surface area contributed by atoms with Gasteiger partial charge in [0.05, 0.1) is 5.69 Å². The van der Waals surface area contributed by atoms with Crippen molar-refractivity contribution in [3.8, 4) is 0 Å². The second-order valence-corrected chi connectivity index (χ2v) is 3.16. The minimum Gasteiger partial charge on any atom is -0.399 e. The fourth-order valence-corrected chi connectivity index (χ4v) is 1.26. The second kappa shape index (κ2) is 4.94. The molecule has 5 nitrogen and oxygen atoms in total. The third-order valence-electron chi connectivity index (χ3n) is 1.93. The monoisotopic (exact) mass is 217 g/mol. The number of nitrogens with zero attached hydrogens (tertiary/aromatic N) is 2. The number of benzene rings is 1. The number of carbonyl (C=O) groups excluding carboxylic acids is 2. The number of hydrogen-bond donors (Lipinski definition) is 1. The topological polar surface area (TPSA) is 67.8 Å². The van der Waals surface area contributed by atoms with Crippen molar-refractivity contribution in [3.05, 3.63) is 35.7 Å². The summed E-state index contributed by atoms with van der Waals surface area (Å²) in [6.07, 6.45) is 0. The van der Waals surface area contributed by atoms with Gasteiger partial charge < -0.3 is 10.6 Å². The Labute approximate surface area is 93.3 Å². The Morgan fingerprint density at radius 2 is 1.94 bits per heavy atom. The highest BCUT2D eigenvalue weighted by Crippen LogP contribution is 2.16. The number of carbonyl (C=O) groups is 2. The maximum atomic E-state index is 11.5. The number of rotatable bonds is 2. The lowest BCUT2D eigenvalue weighted by molar-refractivity contribution is -0.124. The van der Waals surface area contributed by atoms with Gasteiger partial charge in [-0.05, 0) is 24.3 Å². The first-order chi connectivity index (χ1) is 7.56. The SMILES string of the molecule is [C-]#[N+]CC(=O)N(C(C)=O)c1ccc(N)cc1. The Balaban J connectivity index is 3.04. The summed E-state index contributed by atoms with van der Waals surface area (Å²) in [6.45, 7) is 7.54. The number of nitrogens with two attached hydrogens (primary N) is 1. The highest BCUT2D eigenvalue weighted by Gasteiger charge is 2.21. The summed E-state index contributed by atoms with van der Waals surface area (Å²) in [5.74, 6) is -0.953. The van der Waals surface area contributed by atoms with E-state index in [0.717, 1.165) is 4.90 Å². The number of imide groups is 1. The van der Waals surface area contributed by atoms with Crippen LogP contribution in [0.3, 0.4) is 0 Å². The molecule has 0 atom stereocenters. The van der Waals surface area contributed by atoms with E-state index < -0.39 is 11.8 Å². The molecular formula is C11H11N3O2. The molecule has 0 aromatic heterocycles. The third-order valence-corrected chi connectivity index (χ3v) is 1.93. The van der Waals surface area contributed by atoms with Gasteiger partial charge in [-0.1, -0.05) is 0 Å². The predicted molar refractivity (Wildman–Crippen MR) is 60.5 cm³/mol. The first-order valence-electron chi connectivity index (χ1n) is 4.58. The van der Waals surface area contributed by atoms with E-state index in [0.29, 0.717) is 11.4 Å². The van der Waals surface area contributed by atoms with Crippen LogP contribution in [0.25, 0.3) is 4.85 Å². The van der Waals surface area contributed by atoms with Crippen LogP contribution in [-0.2, 0) is 9.59 Å². The van der Waals surface area contributed by atoms with Crippen LogP contribution >= 0.6 is 0 Å². The van der Waals surface area contributed by atoms with Crippen molar-refractivity contribution in [2.24, 2.45) is 0 Å². The van der Waals surface area contributed by atoms with Gasteiger partial charge in [-0.3, -0.25) is 9.59 Å². The molecule has 16 heavy (non-hydrogen) atoms. The lowest BCUT2D eigenvalue weighted by atomic mass is 10.2. The normalized spacial score (nSPS) is 9.25. The van der Waals surface area contributed by atoms with E-state index in [1.54, 1.807) is 24.3 Å². The Morgan fingerprint density at radius 1 is 1.38 bits per heavy atom. The molecule has 5 heteroatoms. The summed E-state index contributed by atoms with van der Waals surface area (Å²) < 4.78 is 0. The first kappa shape index (κ1) is 11.7. The fraction of sp³-hybridized carbons (Fsp3) is 0.182. The van der Waals surface area contributed by atoms with Crippen LogP contribution in [0.15, 0.2) is 24.3 Å². The molecule has 0 bridgehead atoms. The second-order valence-electron chi connectivity index (χ2n) is 3.16. The molecule has 1 rings (SSSR count). The van der Waals surface area contributed by atoms with Crippen LogP contribution in [-0.4, -0.2) is 18.4 Å². The maximum absolute atomic E-state index is 11.5. The zero-order valence-corrected chi connectivity index (χ0v) is 8.80. The Morgan fingerprint density at radius 3 is 2.38 bits per heavy atom. The van der Waals surface area contributed by atoms with E-state index in [1.807, 2.05) is 0 Å². The highest BCUT2D eigenvalue weighted by molar-refractivity contribution is 6.15. The largest absolute Gasteiger partial charge is 0.399 e. The number of nitrogen functional groups attached to an aromatic ring is 1. The molecule has 0 saturated carbocycles. The smallest absolute Gasteiger partial charge is 0.313 e. The average Bonchev–Trinajstić information content (AvgIpc) is 2.21. The van der Waals surface area contributed by atoms with Gasteiger partial charge in [0.1, 0.15) is 0 Å². The number of amides is 2. The molecule has 0 aliphatic carbocycles. The molecular weight excluding hydrogens is 206 g/mol.